The van der Waals surface area contributed by atoms with Gasteiger partial charge in [-0.15, -0.1) is 0 Å². The van der Waals surface area contributed by atoms with Gasteiger partial charge in [0.15, 0.2) is 6.29 Å². The van der Waals surface area contributed by atoms with Crippen LogP contribution in [0, 0.1) is 0 Å². The van der Waals surface area contributed by atoms with Crippen molar-refractivity contribution in [3.8, 4) is 0 Å². The van der Waals surface area contributed by atoms with Crippen LogP contribution in [-0.2, 0) is 15.9 Å². The van der Waals surface area contributed by atoms with Crippen LogP contribution < -0.4 is 5.46 Å². The molecular weight excluding hydrogens is 235 g/mol. The Morgan fingerprint density at radius 3 is 2.33 bits per heavy atom. The molecule has 1 fully saturated rings. The van der Waals surface area contributed by atoms with Crippen molar-refractivity contribution in [2.75, 3.05) is 0 Å². The summed E-state index contributed by atoms with van der Waals surface area (Å²) >= 11 is 0. The maximum absolute atomic E-state index is 8.88. The molecule has 1 saturated heterocycles. The smallest absolute Gasteiger partial charge is 0.399 e. The fourth-order valence-corrected chi connectivity index (χ4v) is 1.75. The van der Waals surface area contributed by atoms with Crippen molar-refractivity contribution in [1.82, 2.24) is 9.78 Å². The highest BCUT2D eigenvalue weighted by Crippen LogP contribution is 2.36. The fourth-order valence-electron chi connectivity index (χ4n) is 1.75. The van der Waals surface area contributed by atoms with Gasteiger partial charge in [0.1, 0.15) is 0 Å². The lowest BCUT2D eigenvalue weighted by Crippen LogP contribution is -2.41. The van der Waals surface area contributed by atoms with E-state index in [1.54, 1.807) is 12.4 Å². The third-order valence-electron chi connectivity index (χ3n) is 3.53. The normalized spacial score (nSPS) is 21.8. The second-order valence-corrected chi connectivity index (χ2v) is 5.56. The molecule has 0 radical (unpaired) electrons. The third kappa shape index (κ3) is 2.44. The Bertz CT molecular complexity index is 414. The molecular formula is C11H19BN2O4. The van der Waals surface area contributed by atoms with Crippen molar-refractivity contribution in [3.63, 3.8) is 0 Å². The molecule has 18 heavy (non-hydrogen) atoms. The Morgan fingerprint density at radius 1 is 1.28 bits per heavy atom. The lowest BCUT2D eigenvalue weighted by Gasteiger charge is -2.32. The molecule has 2 heterocycles. The van der Waals surface area contributed by atoms with Gasteiger partial charge in [0.25, 0.3) is 0 Å². The highest BCUT2D eigenvalue weighted by Gasteiger charge is 2.52. The van der Waals surface area contributed by atoms with Gasteiger partial charge in [-0.05, 0) is 27.7 Å². The summed E-state index contributed by atoms with van der Waals surface area (Å²) in [4.78, 5) is 0. The van der Waals surface area contributed by atoms with Crippen molar-refractivity contribution >= 4 is 12.6 Å². The minimum Gasteiger partial charge on any atom is -0.399 e. The molecule has 0 atom stereocenters. The molecule has 7 heteroatoms. The number of rotatable bonds is 3. The van der Waals surface area contributed by atoms with Gasteiger partial charge in [-0.2, -0.15) is 5.10 Å². The summed E-state index contributed by atoms with van der Waals surface area (Å²) < 4.78 is 13.2. The predicted molar refractivity (Wildman–Crippen MR) is 66.2 cm³/mol. The molecule has 0 aliphatic carbocycles. The second-order valence-electron chi connectivity index (χ2n) is 5.56. The van der Waals surface area contributed by atoms with E-state index in [0.717, 1.165) is 5.46 Å². The summed E-state index contributed by atoms with van der Waals surface area (Å²) in [5.41, 5.74) is -0.0127. The zero-order chi connectivity index (χ0) is 13.6. The summed E-state index contributed by atoms with van der Waals surface area (Å²) in [6.45, 7) is 7.95. The van der Waals surface area contributed by atoms with E-state index < -0.39 is 24.6 Å². The Labute approximate surface area is 107 Å². The molecule has 0 unspecified atom stereocenters. The van der Waals surface area contributed by atoms with E-state index in [0.29, 0.717) is 0 Å². The largest absolute Gasteiger partial charge is 0.498 e. The van der Waals surface area contributed by atoms with Crippen LogP contribution in [0.2, 0.25) is 0 Å². The topological polar surface area (TPSA) is 76.7 Å². The molecule has 0 amide bonds. The third-order valence-corrected chi connectivity index (χ3v) is 3.53. The predicted octanol–water partition coefficient (Wildman–Crippen LogP) is -0.507. The summed E-state index contributed by atoms with van der Waals surface area (Å²) in [7, 11) is -0.473. The Balaban J connectivity index is 2.12. The number of hydrogen-bond acceptors (Lipinski definition) is 5. The van der Waals surface area contributed by atoms with E-state index in [2.05, 4.69) is 5.10 Å². The van der Waals surface area contributed by atoms with Gasteiger partial charge < -0.3 is 19.5 Å². The molecule has 100 valence electrons. The lowest BCUT2D eigenvalue weighted by atomic mass is 9.82. The van der Waals surface area contributed by atoms with E-state index in [-0.39, 0.29) is 6.54 Å². The maximum atomic E-state index is 8.88. The molecule has 6 nitrogen and oxygen atoms in total. The quantitative estimate of drug-likeness (QED) is 0.561. The minimum atomic E-state index is -1.42. The number of hydrogen-bond donors (Lipinski definition) is 2. The van der Waals surface area contributed by atoms with Crippen molar-refractivity contribution in [3.05, 3.63) is 12.4 Å². The van der Waals surface area contributed by atoms with Crippen molar-refractivity contribution in [2.24, 2.45) is 0 Å². The number of aliphatic hydroxyl groups excluding tert-OH is 1. The zero-order valence-electron chi connectivity index (χ0n) is 11.1. The van der Waals surface area contributed by atoms with Gasteiger partial charge >= 0.3 is 7.12 Å². The SMILES string of the molecule is CC1(C)OB(c2cnn(CC(O)O)c2)OC1(C)C. The van der Waals surface area contributed by atoms with E-state index in [9.17, 15) is 0 Å². The van der Waals surface area contributed by atoms with Crippen LogP contribution in [0.3, 0.4) is 0 Å². The van der Waals surface area contributed by atoms with Crippen LogP contribution >= 0.6 is 0 Å². The first kappa shape index (κ1) is 13.5. The summed E-state index contributed by atoms with van der Waals surface area (Å²) in [6.07, 6.45) is 1.89. The van der Waals surface area contributed by atoms with Crippen LogP contribution in [0.5, 0.6) is 0 Å². The van der Waals surface area contributed by atoms with Crippen LogP contribution in [-0.4, -0.2) is 44.6 Å². The van der Waals surface area contributed by atoms with Crippen molar-refractivity contribution in [2.45, 2.75) is 51.7 Å². The Morgan fingerprint density at radius 2 is 1.83 bits per heavy atom. The number of nitrogens with zero attached hydrogens (tertiary/aromatic N) is 2. The van der Waals surface area contributed by atoms with Crippen LogP contribution in [0.15, 0.2) is 12.4 Å². The molecule has 1 aliphatic rings. The Hall–Kier alpha value is -0.885. The highest BCUT2D eigenvalue weighted by atomic mass is 16.7. The molecule has 1 aromatic rings. The first-order chi connectivity index (χ1) is 8.21. The van der Waals surface area contributed by atoms with Gasteiger partial charge in [-0.25, -0.2) is 0 Å². The number of aliphatic hydroxyl groups is 2. The first-order valence-electron chi connectivity index (χ1n) is 5.95. The fraction of sp³-hybridized carbons (Fsp3) is 0.727. The highest BCUT2D eigenvalue weighted by molar-refractivity contribution is 6.61. The van der Waals surface area contributed by atoms with E-state index in [1.165, 1.54) is 4.68 Å². The number of aromatic nitrogens is 2. The molecule has 0 spiro atoms. The molecule has 2 N–H and O–H groups in total. The lowest BCUT2D eigenvalue weighted by molar-refractivity contribution is -0.0534. The van der Waals surface area contributed by atoms with Crippen LogP contribution in [0.4, 0.5) is 0 Å². The molecule has 0 aromatic carbocycles. The van der Waals surface area contributed by atoms with Gasteiger partial charge in [0.05, 0.1) is 17.7 Å². The average Bonchev–Trinajstić information content (AvgIpc) is 2.70. The van der Waals surface area contributed by atoms with Crippen LogP contribution in [0.1, 0.15) is 27.7 Å². The molecule has 2 rings (SSSR count). The minimum absolute atomic E-state index is 0.0273. The molecule has 1 aromatic heterocycles. The van der Waals surface area contributed by atoms with Gasteiger partial charge in [-0.1, -0.05) is 0 Å². The summed E-state index contributed by atoms with van der Waals surface area (Å²) in [5, 5.41) is 21.8. The van der Waals surface area contributed by atoms with E-state index >= 15 is 0 Å². The average molecular weight is 254 g/mol. The maximum Gasteiger partial charge on any atom is 0.498 e. The van der Waals surface area contributed by atoms with Gasteiger partial charge in [0, 0.05) is 17.9 Å². The second kappa shape index (κ2) is 4.34. The van der Waals surface area contributed by atoms with Crippen molar-refractivity contribution < 1.29 is 19.5 Å². The van der Waals surface area contributed by atoms with Crippen molar-refractivity contribution in [1.29, 1.82) is 0 Å². The Kier molecular flexibility index (Phi) is 3.27. The van der Waals surface area contributed by atoms with Crippen LogP contribution in [0.25, 0.3) is 0 Å². The molecule has 0 saturated carbocycles. The van der Waals surface area contributed by atoms with Gasteiger partial charge in [0.2, 0.25) is 0 Å². The monoisotopic (exact) mass is 254 g/mol. The van der Waals surface area contributed by atoms with Gasteiger partial charge in [-0.3, -0.25) is 4.68 Å². The molecule has 0 bridgehead atoms. The summed E-state index contributed by atoms with van der Waals surface area (Å²) in [5.74, 6) is 0. The molecule has 1 aliphatic heterocycles. The standard InChI is InChI=1S/C11H19BN2O4/c1-10(2)11(3,4)18-12(17-10)8-5-13-14(6-8)7-9(15)16/h5-6,9,15-16H,7H2,1-4H3. The first-order valence-corrected chi connectivity index (χ1v) is 5.95. The zero-order valence-corrected chi connectivity index (χ0v) is 11.1. The van der Waals surface area contributed by atoms with E-state index in [4.69, 9.17) is 19.5 Å². The summed E-state index contributed by atoms with van der Waals surface area (Å²) in [6, 6.07) is 0. The van der Waals surface area contributed by atoms with E-state index in [1.807, 2.05) is 27.7 Å².